The van der Waals surface area contributed by atoms with Crippen molar-refractivity contribution >= 4 is 0 Å². The van der Waals surface area contributed by atoms with Crippen LogP contribution in [0.3, 0.4) is 0 Å². The molecule has 1 saturated carbocycles. The Morgan fingerprint density at radius 1 is 0.660 bits per heavy atom. The Labute approximate surface area is 266 Å². The Kier molecular flexibility index (Phi) is 10.2. The van der Waals surface area contributed by atoms with Gasteiger partial charge in [0.05, 0.1) is 18.3 Å². The Hall–Kier alpha value is -3.99. The number of ether oxygens (including phenoxy) is 2. The number of unbranched alkanes of at least 4 members (excludes halogenated alkanes) is 1. The predicted molar refractivity (Wildman–Crippen MR) is 159 cm³/mol. The molecule has 4 aromatic carbocycles. The minimum Gasteiger partial charge on any atom is -0.494 e. The van der Waals surface area contributed by atoms with Crippen molar-refractivity contribution in [3.63, 3.8) is 0 Å². The zero-order valence-electron chi connectivity index (χ0n) is 25.3. The normalized spacial score (nSPS) is 17.1. The van der Waals surface area contributed by atoms with Crippen LogP contribution < -0.4 is 4.74 Å². The van der Waals surface area contributed by atoms with Crippen LogP contribution in [0, 0.1) is 23.3 Å². The molecule has 0 N–H and O–H groups in total. The van der Waals surface area contributed by atoms with E-state index in [0.29, 0.717) is 55.7 Å². The van der Waals surface area contributed by atoms with Crippen molar-refractivity contribution < 1.29 is 49.0 Å². The molecule has 0 atom stereocenters. The van der Waals surface area contributed by atoms with Gasteiger partial charge in [-0.2, -0.15) is 22.0 Å². The fraction of sp³-hybridized carbons (Fsp3) is 0.333. The van der Waals surface area contributed by atoms with Crippen LogP contribution in [-0.4, -0.2) is 12.7 Å². The van der Waals surface area contributed by atoms with E-state index >= 15 is 4.39 Å². The number of hydrogen-bond donors (Lipinski definition) is 0. The average Bonchev–Trinajstić information content (AvgIpc) is 3.00. The SMILES string of the molecule is CCCCOc1ccc(C(F)(F)OC2CCC(c3ccc(-c4ccc(-c5cc(F)c(C(F)(F)F)c(F)c5)c(F)c4)c(F)c3)CC2)cc1. The van der Waals surface area contributed by atoms with Crippen LogP contribution in [0.2, 0.25) is 0 Å². The van der Waals surface area contributed by atoms with E-state index in [0.717, 1.165) is 25.0 Å². The van der Waals surface area contributed by atoms with E-state index in [2.05, 4.69) is 0 Å². The van der Waals surface area contributed by atoms with Gasteiger partial charge in [0.2, 0.25) is 0 Å². The number of alkyl halides is 5. The molecular weight excluding hydrogens is 635 g/mol. The van der Waals surface area contributed by atoms with Crippen LogP contribution in [0.1, 0.15) is 68.1 Å². The molecular formula is C36H31F9O2. The zero-order chi connectivity index (χ0) is 33.9. The van der Waals surface area contributed by atoms with Gasteiger partial charge in [-0.05, 0) is 103 Å². The highest BCUT2D eigenvalue weighted by Crippen LogP contribution is 2.41. The van der Waals surface area contributed by atoms with Gasteiger partial charge in [0.1, 0.15) is 34.6 Å². The van der Waals surface area contributed by atoms with Crippen LogP contribution >= 0.6 is 0 Å². The van der Waals surface area contributed by atoms with Crippen molar-refractivity contribution in [3.05, 3.63) is 113 Å². The van der Waals surface area contributed by atoms with Gasteiger partial charge in [-0.15, -0.1) is 0 Å². The first kappa shape index (κ1) is 34.3. The summed E-state index contributed by atoms with van der Waals surface area (Å²) in [4.78, 5) is 0. The summed E-state index contributed by atoms with van der Waals surface area (Å²) in [7, 11) is 0. The van der Waals surface area contributed by atoms with Gasteiger partial charge >= 0.3 is 12.3 Å². The van der Waals surface area contributed by atoms with E-state index in [1.54, 1.807) is 6.07 Å². The molecule has 0 bridgehead atoms. The average molecular weight is 667 g/mol. The number of rotatable bonds is 10. The maximum atomic E-state index is 15.2. The minimum atomic E-state index is -5.27. The largest absolute Gasteiger partial charge is 0.494 e. The van der Waals surface area contributed by atoms with Gasteiger partial charge in [-0.25, -0.2) is 17.6 Å². The molecule has 0 unspecified atom stereocenters. The Balaban J connectivity index is 1.22. The minimum absolute atomic E-state index is 0.0300. The van der Waals surface area contributed by atoms with E-state index in [-0.39, 0.29) is 28.2 Å². The summed E-state index contributed by atoms with van der Waals surface area (Å²) < 4.78 is 138. The lowest BCUT2D eigenvalue weighted by Gasteiger charge is -2.31. The Morgan fingerprint density at radius 2 is 1.23 bits per heavy atom. The van der Waals surface area contributed by atoms with Gasteiger partial charge < -0.3 is 9.47 Å². The molecule has 5 rings (SSSR count). The van der Waals surface area contributed by atoms with E-state index in [1.165, 1.54) is 42.5 Å². The predicted octanol–water partition coefficient (Wildman–Crippen LogP) is 11.6. The molecule has 0 radical (unpaired) electrons. The summed E-state index contributed by atoms with van der Waals surface area (Å²) in [5, 5.41) is 0. The first-order chi connectivity index (χ1) is 22.3. The summed E-state index contributed by atoms with van der Waals surface area (Å²) in [6.07, 6.45) is -6.01. The molecule has 1 fully saturated rings. The third kappa shape index (κ3) is 7.94. The summed E-state index contributed by atoms with van der Waals surface area (Å²) in [5.41, 5.74) is -2.39. The highest BCUT2D eigenvalue weighted by Gasteiger charge is 2.39. The third-order valence-electron chi connectivity index (χ3n) is 8.33. The fourth-order valence-electron chi connectivity index (χ4n) is 5.81. The third-order valence-corrected chi connectivity index (χ3v) is 8.33. The number of benzene rings is 4. The van der Waals surface area contributed by atoms with E-state index < -0.39 is 52.8 Å². The molecule has 0 aliphatic heterocycles. The molecule has 47 heavy (non-hydrogen) atoms. The molecule has 11 heteroatoms. The molecule has 0 heterocycles. The molecule has 0 saturated heterocycles. The van der Waals surface area contributed by atoms with Crippen molar-refractivity contribution in [1.82, 2.24) is 0 Å². The quantitative estimate of drug-likeness (QED) is 0.124. The molecule has 2 nitrogen and oxygen atoms in total. The van der Waals surface area contributed by atoms with Gasteiger partial charge in [0.15, 0.2) is 0 Å². The molecule has 250 valence electrons. The maximum absolute atomic E-state index is 15.2. The molecule has 0 aromatic heterocycles. The zero-order valence-corrected chi connectivity index (χ0v) is 25.3. The first-order valence-corrected chi connectivity index (χ1v) is 15.2. The second-order valence-electron chi connectivity index (χ2n) is 11.6. The van der Waals surface area contributed by atoms with Crippen LogP contribution in [0.5, 0.6) is 5.75 Å². The lowest BCUT2D eigenvalue weighted by atomic mass is 9.82. The van der Waals surface area contributed by atoms with Crippen molar-refractivity contribution in [2.75, 3.05) is 6.61 Å². The Bertz CT molecular complexity index is 1670. The lowest BCUT2D eigenvalue weighted by Crippen LogP contribution is -2.29. The number of halogens is 9. The number of hydrogen-bond acceptors (Lipinski definition) is 2. The van der Waals surface area contributed by atoms with Gasteiger partial charge in [-0.3, -0.25) is 0 Å². The highest BCUT2D eigenvalue weighted by molar-refractivity contribution is 5.72. The van der Waals surface area contributed by atoms with E-state index in [4.69, 9.17) is 9.47 Å². The van der Waals surface area contributed by atoms with Crippen LogP contribution in [0.15, 0.2) is 72.8 Å². The summed E-state index contributed by atoms with van der Waals surface area (Å²) in [6, 6.07) is 14.1. The van der Waals surface area contributed by atoms with Gasteiger partial charge in [-0.1, -0.05) is 37.6 Å². The second kappa shape index (κ2) is 14.0. The summed E-state index contributed by atoms with van der Waals surface area (Å²) in [5.74, 6) is -5.07. The smallest absolute Gasteiger partial charge is 0.422 e. The highest BCUT2D eigenvalue weighted by atomic mass is 19.4. The monoisotopic (exact) mass is 666 g/mol. The van der Waals surface area contributed by atoms with Gasteiger partial charge in [0.25, 0.3) is 0 Å². The molecule has 1 aliphatic rings. The second-order valence-corrected chi connectivity index (χ2v) is 11.6. The Morgan fingerprint density at radius 3 is 1.81 bits per heavy atom. The van der Waals surface area contributed by atoms with Crippen molar-refractivity contribution in [2.24, 2.45) is 0 Å². The van der Waals surface area contributed by atoms with Crippen molar-refractivity contribution in [2.45, 2.75) is 69.8 Å². The summed E-state index contributed by atoms with van der Waals surface area (Å²) in [6.45, 7) is 2.53. The van der Waals surface area contributed by atoms with Crippen molar-refractivity contribution in [3.8, 4) is 28.0 Å². The first-order valence-electron chi connectivity index (χ1n) is 15.2. The lowest BCUT2D eigenvalue weighted by molar-refractivity contribution is -0.277. The van der Waals surface area contributed by atoms with Crippen LogP contribution in [0.4, 0.5) is 39.5 Å². The molecule has 4 aromatic rings. The standard InChI is InChI=1S/C36H31F9O2/c1-2-3-16-46-26-12-8-25(9-13-26)36(44,45)47-27-10-4-21(5-11-27)22-6-14-28(30(37)17-22)23-7-15-29(31(38)18-23)24-19-32(39)34(33(40)20-24)35(41,42)43/h6-9,12-15,17-21,27H,2-5,10-11,16H2,1H3. The van der Waals surface area contributed by atoms with Gasteiger partial charge in [0, 0.05) is 11.1 Å². The molecule has 1 aliphatic carbocycles. The fourth-order valence-corrected chi connectivity index (χ4v) is 5.81. The van der Waals surface area contributed by atoms with Crippen molar-refractivity contribution in [1.29, 1.82) is 0 Å². The topological polar surface area (TPSA) is 18.5 Å². The maximum Gasteiger partial charge on any atom is 0.422 e. The molecule has 0 amide bonds. The summed E-state index contributed by atoms with van der Waals surface area (Å²) >= 11 is 0. The van der Waals surface area contributed by atoms with E-state index in [1.807, 2.05) is 6.92 Å². The van der Waals surface area contributed by atoms with Crippen LogP contribution in [0.25, 0.3) is 22.3 Å². The van der Waals surface area contributed by atoms with Crippen LogP contribution in [-0.2, 0) is 17.0 Å². The van der Waals surface area contributed by atoms with E-state index in [9.17, 15) is 35.1 Å². The molecule has 0 spiro atoms.